The molecule has 12 heavy (non-hydrogen) atoms. The Hall–Kier alpha value is -0.0800. The third-order valence-corrected chi connectivity index (χ3v) is 3.09. The van der Waals surface area contributed by atoms with Crippen LogP contribution >= 0.6 is 0 Å². The van der Waals surface area contributed by atoms with E-state index in [-0.39, 0.29) is 12.1 Å². The second kappa shape index (κ2) is 3.35. The Morgan fingerprint density at radius 3 is 2.25 bits per heavy atom. The van der Waals surface area contributed by atoms with E-state index < -0.39 is 0 Å². The minimum atomic E-state index is -0.261. The van der Waals surface area contributed by atoms with Gasteiger partial charge >= 0.3 is 0 Å². The SMILES string of the molecule is CC(C)(C)[C@@H]1CC[C@H](O)[C@H](N)C1. The van der Waals surface area contributed by atoms with Crippen molar-refractivity contribution in [2.45, 2.75) is 52.2 Å². The van der Waals surface area contributed by atoms with Crippen molar-refractivity contribution in [1.29, 1.82) is 0 Å². The number of hydrogen-bond donors (Lipinski definition) is 2. The molecule has 1 aliphatic carbocycles. The van der Waals surface area contributed by atoms with Crippen LogP contribution in [0.25, 0.3) is 0 Å². The van der Waals surface area contributed by atoms with Crippen molar-refractivity contribution >= 4 is 0 Å². The van der Waals surface area contributed by atoms with Gasteiger partial charge in [-0.1, -0.05) is 20.8 Å². The molecule has 0 aromatic rings. The highest BCUT2D eigenvalue weighted by atomic mass is 16.3. The van der Waals surface area contributed by atoms with Crippen LogP contribution in [0, 0.1) is 11.3 Å². The fraction of sp³-hybridized carbons (Fsp3) is 1.00. The van der Waals surface area contributed by atoms with Crippen LogP contribution in [0.2, 0.25) is 0 Å². The van der Waals surface area contributed by atoms with Crippen LogP contribution in [0.5, 0.6) is 0 Å². The maximum Gasteiger partial charge on any atom is 0.0691 e. The van der Waals surface area contributed by atoms with Crippen LogP contribution in [0.15, 0.2) is 0 Å². The summed E-state index contributed by atoms with van der Waals surface area (Å²) in [5.74, 6) is 0.677. The molecule has 0 unspecified atom stereocenters. The maximum absolute atomic E-state index is 9.44. The molecular weight excluding hydrogens is 150 g/mol. The van der Waals surface area contributed by atoms with Crippen molar-refractivity contribution in [3.8, 4) is 0 Å². The molecule has 0 aromatic heterocycles. The summed E-state index contributed by atoms with van der Waals surface area (Å²) in [7, 11) is 0. The fourth-order valence-corrected chi connectivity index (χ4v) is 1.98. The molecule has 3 atom stereocenters. The Bertz CT molecular complexity index is 150. The number of nitrogens with two attached hydrogens (primary N) is 1. The highest BCUT2D eigenvalue weighted by Crippen LogP contribution is 2.37. The predicted octanol–water partition coefficient (Wildman–Crippen LogP) is 1.52. The molecule has 2 nitrogen and oxygen atoms in total. The Morgan fingerprint density at radius 1 is 1.25 bits per heavy atom. The molecular formula is C10H21NO. The standard InChI is InChI=1S/C10H21NO/c1-10(2,3)7-4-5-9(12)8(11)6-7/h7-9,12H,4-6,11H2,1-3H3/t7-,8-,9+/m1/s1. The summed E-state index contributed by atoms with van der Waals surface area (Å²) in [6.45, 7) is 6.76. The molecule has 1 fully saturated rings. The van der Waals surface area contributed by atoms with E-state index in [4.69, 9.17) is 5.73 Å². The summed E-state index contributed by atoms with van der Waals surface area (Å²) in [4.78, 5) is 0. The van der Waals surface area contributed by atoms with Gasteiger partial charge in [-0.25, -0.2) is 0 Å². The first-order valence-corrected chi connectivity index (χ1v) is 4.85. The molecule has 1 aliphatic rings. The molecule has 1 rings (SSSR count). The summed E-state index contributed by atoms with van der Waals surface area (Å²) < 4.78 is 0. The monoisotopic (exact) mass is 171 g/mol. The van der Waals surface area contributed by atoms with Gasteiger partial charge in [0.2, 0.25) is 0 Å². The zero-order valence-electron chi connectivity index (χ0n) is 8.38. The van der Waals surface area contributed by atoms with Gasteiger partial charge in [0.15, 0.2) is 0 Å². The largest absolute Gasteiger partial charge is 0.392 e. The van der Waals surface area contributed by atoms with E-state index in [0.717, 1.165) is 19.3 Å². The topological polar surface area (TPSA) is 46.2 Å². The van der Waals surface area contributed by atoms with Gasteiger partial charge in [0, 0.05) is 6.04 Å². The molecule has 0 bridgehead atoms. The van der Waals surface area contributed by atoms with Crippen molar-refractivity contribution in [1.82, 2.24) is 0 Å². The second-order valence-corrected chi connectivity index (χ2v) is 5.11. The lowest BCUT2D eigenvalue weighted by atomic mass is 9.70. The van der Waals surface area contributed by atoms with Gasteiger partial charge in [-0.2, -0.15) is 0 Å². The quantitative estimate of drug-likeness (QED) is 0.580. The van der Waals surface area contributed by atoms with Crippen LogP contribution in [-0.4, -0.2) is 17.3 Å². The van der Waals surface area contributed by atoms with E-state index in [1.807, 2.05) is 0 Å². The summed E-state index contributed by atoms with van der Waals surface area (Å²) in [5, 5.41) is 9.44. The van der Waals surface area contributed by atoms with Crippen molar-refractivity contribution in [3.05, 3.63) is 0 Å². The summed E-state index contributed by atoms with van der Waals surface area (Å²) in [5.41, 5.74) is 6.16. The minimum absolute atomic E-state index is 0.00275. The van der Waals surface area contributed by atoms with Crippen molar-refractivity contribution in [2.75, 3.05) is 0 Å². The van der Waals surface area contributed by atoms with Gasteiger partial charge < -0.3 is 10.8 Å². The smallest absolute Gasteiger partial charge is 0.0691 e. The average Bonchev–Trinajstić information content (AvgIpc) is 1.92. The number of aliphatic hydroxyl groups is 1. The zero-order chi connectivity index (χ0) is 9.35. The third kappa shape index (κ3) is 2.20. The highest BCUT2D eigenvalue weighted by molar-refractivity contribution is 4.87. The second-order valence-electron chi connectivity index (χ2n) is 5.11. The van der Waals surface area contributed by atoms with Gasteiger partial charge in [0.1, 0.15) is 0 Å². The molecule has 3 N–H and O–H groups in total. The maximum atomic E-state index is 9.44. The van der Waals surface area contributed by atoms with Gasteiger partial charge in [-0.15, -0.1) is 0 Å². The number of hydrogen-bond acceptors (Lipinski definition) is 2. The molecule has 0 saturated heterocycles. The lowest BCUT2D eigenvalue weighted by Gasteiger charge is -2.38. The van der Waals surface area contributed by atoms with Crippen LogP contribution in [-0.2, 0) is 0 Å². The molecule has 1 saturated carbocycles. The molecule has 0 aromatic carbocycles. The average molecular weight is 171 g/mol. The Kier molecular flexibility index (Phi) is 2.79. The van der Waals surface area contributed by atoms with E-state index >= 15 is 0 Å². The molecule has 2 heteroatoms. The molecule has 72 valence electrons. The lowest BCUT2D eigenvalue weighted by molar-refractivity contribution is 0.0538. The van der Waals surface area contributed by atoms with Gasteiger partial charge in [-0.05, 0) is 30.6 Å². The van der Waals surface area contributed by atoms with E-state index in [9.17, 15) is 5.11 Å². The molecule has 0 heterocycles. The summed E-state index contributed by atoms with van der Waals surface area (Å²) in [6, 6.07) is 0.00275. The number of rotatable bonds is 0. The van der Waals surface area contributed by atoms with Crippen LogP contribution in [0.1, 0.15) is 40.0 Å². The van der Waals surface area contributed by atoms with Crippen molar-refractivity contribution in [2.24, 2.45) is 17.1 Å². The third-order valence-electron chi connectivity index (χ3n) is 3.09. The first-order chi connectivity index (χ1) is 5.41. The highest BCUT2D eigenvalue weighted by Gasteiger charge is 2.33. The zero-order valence-corrected chi connectivity index (χ0v) is 8.38. The number of aliphatic hydroxyl groups excluding tert-OH is 1. The summed E-state index contributed by atoms with van der Waals surface area (Å²) in [6.07, 6.45) is 2.72. The van der Waals surface area contributed by atoms with E-state index in [1.54, 1.807) is 0 Å². The van der Waals surface area contributed by atoms with E-state index in [0.29, 0.717) is 11.3 Å². The lowest BCUT2D eigenvalue weighted by Crippen LogP contribution is -2.43. The van der Waals surface area contributed by atoms with Crippen molar-refractivity contribution in [3.63, 3.8) is 0 Å². The first-order valence-electron chi connectivity index (χ1n) is 4.85. The molecule has 0 radical (unpaired) electrons. The van der Waals surface area contributed by atoms with E-state index in [1.165, 1.54) is 0 Å². The molecule has 0 aliphatic heterocycles. The normalized spacial score (nSPS) is 38.2. The predicted molar refractivity (Wildman–Crippen MR) is 50.8 cm³/mol. The van der Waals surface area contributed by atoms with Crippen LogP contribution in [0.4, 0.5) is 0 Å². The van der Waals surface area contributed by atoms with Gasteiger partial charge in [-0.3, -0.25) is 0 Å². The van der Waals surface area contributed by atoms with Crippen LogP contribution in [0.3, 0.4) is 0 Å². The fourth-order valence-electron chi connectivity index (χ4n) is 1.98. The Labute approximate surface area is 75.2 Å². The van der Waals surface area contributed by atoms with Crippen LogP contribution < -0.4 is 5.73 Å². The Morgan fingerprint density at radius 2 is 1.83 bits per heavy atom. The molecule has 0 spiro atoms. The van der Waals surface area contributed by atoms with Crippen molar-refractivity contribution < 1.29 is 5.11 Å². The minimum Gasteiger partial charge on any atom is -0.392 e. The summed E-state index contributed by atoms with van der Waals surface area (Å²) >= 11 is 0. The van der Waals surface area contributed by atoms with E-state index in [2.05, 4.69) is 20.8 Å². The van der Waals surface area contributed by atoms with Gasteiger partial charge in [0.25, 0.3) is 0 Å². The Balaban J connectivity index is 2.51. The first kappa shape index (κ1) is 10.0. The molecule has 0 amide bonds. The van der Waals surface area contributed by atoms with Gasteiger partial charge in [0.05, 0.1) is 6.10 Å².